The molecule has 0 spiro atoms. The van der Waals surface area contributed by atoms with Crippen LogP contribution in [0.5, 0.6) is 0 Å². The van der Waals surface area contributed by atoms with Gasteiger partial charge in [0.15, 0.2) is 11.5 Å². The summed E-state index contributed by atoms with van der Waals surface area (Å²) < 4.78 is 21.6. The molecule has 2 N–H and O–H groups in total. The molecule has 33 heavy (non-hydrogen) atoms. The zero-order valence-corrected chi connectivity index (χ0v) is 18.4. The van der Waals surface area contributed by atoms with E-state index >= 15 is 0 Å². The summed E-state index contributed by atoms with van der Waals surface area (Å²) in [6.45, 7) is 3.04. The van der Waals surface area contributed by atoms with Crippen molar-refractivity contribution in [2.45, 2.75) is 6.54 Å². The van der Waals surface area contributed by atoms with E-state index in [0.29, 0.717) is 56.3 Å². The topological polar surface area (TPSA) is 88.5 Å². The highest BCUT2D eigenvalue weighted by Crippen LogP contribution is 2.34. The van der Waals surface area contributed by atoms with Crippen molar-refractivity contribution in [2.75, 3.05) is 38.2 Å². The number of carbonyl (C=O) groups excluding carboxylic acids is 2. The Morgan fingerprint density at radius 3 is 2.61 bits per heavy atom. The van der Waals surface area contributed by atoms with Gasteiger partial charge in [-0.25, -0.2) is 9.37 Å². The van der Waals surface area contributed by atoms with Crippen LogP contribution < -0.4 is 10.6 Å². The van der Waals surface area contributed by atoms with E-state index < -0.39 is 5.82 Å². The van der Waals surface area contributed by atoms with Crippen molar-refractivity contribution in [1.82, 2.24) is 19.8 Å². The molecule has 0 aliphatic carbocycles. The zero-order valence-electron chi connectivity index (χ0n) is 17.6. The molecule has 2 aliphatic heterocycles. The molecule has 2 amide bonds. The highest BCUT2D eigenvalue weighted by Gasteiger charge is 2.29. The van der Waals surface area contributed by atoms with E-state index in [1.807, 2.05) is 0 Å². The normalized spacial score (nSPS) is 15.7. The van der Waals surface area contributed by atoms with Gasteiger partial charge in [0.25, 0.3) is 11.8 Å². The van der Waals surface area contributed by atoms with E-state index in [4.69, 9.17) is 16.3 Å². The molecular weight excluding hydrogens is 449 g/mol. The summed E-state index contributed by atoms with van der Waals surface area (Å²) in [5.41, 5.74) is 1.64. The van der Waals surface area contributed by atoms with Crippen molar-refractivity contribution >= 4 is 34.9 Å². The monoisotopic (exact) mass is 469 g/mol. The minimum absolute atomic E-state index is 0.0555. The second kappa shape index (κ2) is 8.84. The molecule has 0 unspecified atom stereocenters. The molecule has 1 aromatic heterocycles. The highest BCUT2D eigenvalue weighted by molar-refractivity contribution is 6.33. The number of nitrogens with one attached hydrogen (secondary N) is 2. The summed E-state index contributed by atoms with van der Waals surface area (Å²) in [4.78, 5) is 31.6. The van der Waals surface area contributed by atoms with Gasteiger partial charge in [-0.05, 0) is 36.4 Å². The standard InChI is InChI=1S/C23H21ClFN5O3/c24-16-2-1-3-17(25)18(16)21-28-20(19-22(31)26-8-9-30(19)21)27-15-6-4-14(5-7-15)23(32)29-10-12-33-13-11-29/h1-7,27H,8-13H2,(H,26,31). The zero-order chi connectivity index (χ0) is 22.9. The lowest BCUT2D eigenvalue weighted by atomic mass is 10.1. The number of imidazole rings is 1. The largest absolute Gasteiger partial charge is 0.378 e. The number of benzene rings is 2. The van der Waals surface area contributed by atoms with Gasteiger partial charge in [0.1, 0.15) is 11.6 Å². The fourth-order valence-corrected chi connectivity index (χ4v) is 4.28. The number of carbonyl (C=O) groups is 2. The lowest BCUT2D eigenvalue weighted by Gasteiger charge is -2.26. The number of hydrogen-bond acceptors (Lipinski definition) is 5. The molecule has 2 aliphatic rings. The van der Waals surface area contributed by atoms with Gasteiger partial charge in [-0.3, -0.25) is 9.59 Å². The van der Waals surface area contributed by atoms with Gasteiger partial charge in [0.2, 0.25) is 0 Å². The van der Waals surface area contributed by atoms with Gasteiger partial charge in [0, 0.05) is 37.4 Å². The number of anilines is 2. The Morgan fingerprint density at radius 2 is 1.88 bits per heavy atom. The number of morpholine rings is 1. The average Bonchev–Trinajstić information content (AvgIpc) is 3.19. The second-order valence-corrected chi connectivity index (χ2v) is 8.15. The predicted octanol–water partition coefficient (Wildman–Crippen LogP) is 3.30. The number of halogens is 2. The summed E-state index contributed by atoms with van der Waals surface area (Å²) in [6.07, 6.45) is 0. The van der Waals surface area contributed by atoms with Crippen molar-refractivity contribution in [1.29, 1.82) is 0 Å². The molecule has 0 atom stereocenters. The first-order valence-electron chi connectivity index (χ1n) is 10.6. The van der Waals surface area contributed by atoms with Crippen LogP contribution in [0.3, 0.4) is 0 Å². The maximum Gasteiger partial charge on any atom is 0.271 e. The molecule has 8 nitrogen and oxygen atoms in total. The van der Waals surface area contributed by atoms with Crippen LogP contribution in [-0.2, 0) is 11.3 Å². The fraction of sp³-hybridized carbons (Fsp3) is 0.261. The number of ether oxygens (including phenoxy) is 1. The first kappa shape index (κ1) is 21.4. The third-order valence-electron chi connectivity index (χ3n) is 5.68. The van der Waals surface area contributed by atoms with Crippen LogP contribution >= 0.6 is 11.6 Å². The summed E-state index contributed by atoms with van der Waals surface area (Å²) in [5, 5.41) is 6.14. The lowest BCUT2D eigenvalue weighted by Crippen LogP contribution is -2.40. The maximum absolute atomic E-state index is 14.6. The molecule has 3 aromatic rings. The number of aromatic nitrogens is 2. The third-order valence-corrected chi connectivity index (χ3v) is 6.00. The maximum atomic E-state index is 14.6. The van der Waals surface area contributed by atoms with Crippen LogP contribution in [0.25, 0.3) is 11.4 Å². The smallest absolute Gasteiger partial charge is 0.271 e. The summed E-state index contributed by atoms with van der Waals surface area (Å²) >= 11 is 6.27. The summed E-state index contributed by atoms with van der Waals surface area (Å²) in [5.74, 6) is -0.314. The Labute approximate surface area is 194 Å². The van der Waals surface area contributed by atoms with Crippen LogP contribution in [-0.4, -0.2) is 59.1 Å². The van der Waals surface area contributed by atoms with Crippen LogP contribution in [0, 0.1) is 5.82 Å². The molecule has 0 radical (unpaired) electrons. The molecule has 5 rings (SSSR count). The minimum Gasteiger partial charge on any atom is -0.378 e. The molecule has 3 heterocycles. The highest BCUT2D eigenvalue weighted by atomic mass is 35.5. The lowest BCUT2D eigenvalue weighted by molar-refractivity contribution is 0.0303. The Balaban J connectivity index is 1.46. The van der Waals surface area contributed by atoms with Crippen molar-refractivity contribution in [2.24, 2.45) is 0 Å². The van der Waals surface area contributed by atoms with Crippen molar-refractivity contribution in [3.8, 4) is 11.4 Å². The van der Waals surface area contributed by atoms with Gasteiger partial charge in [-0.2, -0.15) is 0 Å². The van der Waals surface area contributed by atoms with Crippen molar-refractivity contribution in [3.05, 3.63) is 64.6 Å². The Hall–Kier alpha value is -3.43. The first-order chi connectivity index (χ1) is 16.0. The molecule has 2 aromatic carbocycles. The predicted molar refractivity (Wildman–Crippen MR) is 121 cm³/mol. The van der Waals surface area contributed by atoms with Gasteiger partial charge < -0.3 is 24.8 Å². The number of hydrogen-bond donors (Lipinski definition) is 2. The summed E-state index contributed by atoms with van der Waals surface area (Å²) in [6, 6.07) is 11.3. The van der Waals surface area contributed by atoms with Crippen molar-refractivity contribution in [3.63, 3.8) is 0 Å². The Kier molecular flexibility index (Phi) is 5.74. The van der Waals surface area contributed by atoms with E-state index in [0.717, 1.165) is 0 Å². The second-order valence-electron chi connectivity index (χ2n) is 7.74. The van der Waals surface area contributed by atoms with Gasteiger partial charge in [0.05, 0.1) is 23.8 Å². The van der Waals surface area contributed by atoms with E-state index in [-0.39, 0.29) is 34.0 Å². The molecule has 0 bridgehead atoms. The van der Waals surface area contributed by atoms with Crippen LogP contribution in [0.4, 0.5) is 15.9 Å². The SMILES string of the molecule is O=C1NCCn2c(-c3c(F)cccc3Cl)nc(Nc3ccc(C(=O)N4CCOCC4)cc3)c21. The number of rotatable bonds is 4. The van der Waals surface area contributed by atoms with E-state index in [2.05, 4.69) is 15.6 Å². The van der Waals surface area contributed by atoms with Gasteiger partial charge >= 0.3 is 0 Å². The molecular formula is C23H21ClFN5O3. The molecule has 10 heteroatoms. The number of nitrogens with zero attached hydrogens (tertiary/aromatic N) is 3. The number of fused-ring (bicyclic) bond motifs is 1. The molecule has 1 fully saturated rings. The van der Waals surface area contributed by atoms with Crippen LogP contribution in [0.2, 0.25) is 5.02 Å². The molecule has 170 valence electrons. The third kappa shape index (κ3) is 4.05. The van der Waals surface area contributed by atoms with Gasteiger partial charge in [-0.1, -0.05) is 17.7 Å². The number of amides is 2. The van der Waals surface area contributed by atoms with Crippen molar-refractivity contribution < 1.29 is 18.7 Å². The minimum atomic E-state index is -0.515. The first-order valence-corrected chi connectivity index (χ1v) is 11.0. The van der Waals surface area contributed by atoms with E-state index in [1.165, 1.54) is 12.1 Å². The van der Waals surface area contributed by atoms with Gasteiger partial charge in [-0.15, -0.1) is 0 Å². The van der Waals surface area contributed by atoms with E-state index in [1.54, 1.807) is 39.8 Å². The average molecular weight is 470 g/mol. The molecule has 1 saturated heterocycles. The molecule has 0 saturated carbocycles. The quantitative estimate of drug-likeness (QED) is 0.612. The van der Waals surface area contributed by atoms with E-state index in [9.17, 15) is 14.0 Å². The fourth-order valence-electron chi connectivity index (χ4n) is 4.04. The summed E-state index contributed by atoms with van der Waals surface area (Å²) in [7, 11) is 0. The Morgan fingerprint density at radius 1 is 1.12 bits per heavy atom. The van der Waals surface area contributed by atoms with Crippen LogP contribution in [0.15, 0.2) is 42.5 Å². The Bertz CT molecular complexity index is 1200. The van der Waals surface area contributed by atoms with Crippen LogP contribution in [0.1, 0.15) is 20.8 Å².